The number of anilines is 1. The molecule has 2 aromatic rings. The first-order valence-electron chi connectivity index (χ1n) is 11.7. The fourth-order valence-corrected chi connectivity index (χ4v) is 6.04. The summed E-state index contributed by atoms with van der Waals surface area (Å²) in [6.07, 6.45) is 5.96. The van der Waals surface area contributed by atoms with E-state index in [0.717, 1.165) is 17.7 Å². The SMILES string of the molecule is Cc1cccc(C)c1S[C@H]1C(=O)CC(C)(C)C[C@H]1/C=C/c1ccc(N(CCO)CCO)cc1. The van der Waals surface area contributed by atoms with Crippen LogP contribution in [0, 0.1) is 25.2 Å². The lowest BCUT2D eigenvalue weighted by Gasteiger charge is -2.38. The number of carbonyl (C=O) groups is 1. The van der Waals surface area contributed by atoms with Crippen LogP contribution in [-0.4, -0.2) is 47.5 Å². The summed E-state index contributed by atoms with van der Waals surface area (Å²) in [5.41, 5.74) is 4.52. The monoisotopic (exact) mass is 467 g/mol. The third-order valence-electron chi connectivity index (χ3n) is 6.33. The van der Waals surface area contributed by atoms with Crippen molar-refractivity contribution < 1.29 is 15.0 Å². The molecular formula is C28H37NO3S. The number of ketones is 1. The van der Waals surface area contributed by atoms with Crippen LogP contribution >= 0.6 is 11.8 Å². The highest BCUT2D eigenvalue weighted by Gasteiger charge is 2.40. The molecule has 178 valence electrons. The Morgan fingerprint density at radius 2 is 1.64 bits per heavy atom. The van der Waals surface area contributed by atoms with Gasteiger partial charge < -0.3 is 15.1 Å². The number of hydrogen-bond donors (Lipinski definition) is 2. The number of rotatable bonds is 9. The second-order valence-electron chi connectivity index (χ2n) is 9.82. The van der Waals surface area contributed by atoms with E-state index in [2.05, 4.69) is 70.2 Å². The predicted molar refractivity (Wildman–Crippen MR) is 139 cm³/mol. The molecule has 2 aromatic carbocycles. The molecule has 1 aliphatic carbocycles. The molecule has 2 atom stereocenters. The van der Waals surface area contributed by atoms with Crippen molar-refractivity contribution in [3.05, 3.63) is 65.2 Å². The normalized spacial score (nSPS) is 20.4. The molecule has 2 N–H and O–H groups in total. The van der Waals surface area contributed by atoms with Crippen LogP contribution in [0.15, 0.2) is 53.4 Å². The molecule has 1 fully saturated rings. The highest BCUT2D eigenvalue weighted by atomic mass is 32.2. The number of hydrogen-bond acceptors (Lipinski definition) is 5. The van der Waals surface area contributed by atoms with Crippen molar-refractivity contribution in [3.63, 3.8) is 0 Å². The molecule has 0 radical (unpaired) electrons. The Kier molecular flexibility index (Phi) is 8.80. The van der Waals surface area contributed by atoms with Crippen LogP contribution in [0.25, 0.3) is 6.08 Å². The number of aryl methyl sites for hydroxylation is 2. The van der Waals surface area contributed by atoms with Crippen molar-refractivity contribution in [1.82, 2.24) is 0 Å². The molecule has 0 bridgehead atoms. The van der Waals surface area contributed by atoms with Crippen LogP contribution < -0.4 is 4.90 Å². The quantitative estimate of drug-likeness (QED) is 0.526. The predicted octanol–water partition coefficient (Wildman–Crippen LogP) is 5.27. The Bertz CT molecular complexity index is 941. The number of thioether (sulfide) groups is 1. The summed E-state index contributed by atoms with van der Waals surface area (Å²) in [4.78, 5) is 16.4. The van der Waals surface area contributed by atoms with Gasteiger partial charge in [-0.15, -0.1) is 11.8 Å². The van der Waals surface area contributed by atoms with Gasteiger partial charge in [0.15, 0.2) is 0 Å². The Hall–Kier alpha value is -2.08. The molecule has 0 aliphatic heterocycles. The molecule has 0 spiro atoms. The summed E-state index contributed by atoms with van der Waals surface area (Å²) in [5, 5.41) is 18.5. The average molecular weight is 468 g/mol. The zero-order chi connectivity index (χ0) is 24.0. The van der Waals surface area contributed by atoms with E-state index in [9.17, 15) is 15.0 Å². The van der Waals surface area contributed by atoms with E-state index >= 15 is 0 Å². The first kappa shape index (κ1) is 25.5. The van der Waals surface area contributed by atoms with Crippen molar-refractivity contribution in [1.29, 1.82) is 0 Å². The maximum Gasteiger partial charge on any atom is 0.147 e. The van der Waals surface area contributed by atoms with E-state index in [1.807, 2.05) is 17.0 Å². The van der Waals surface area contributed by atoms with E-state index < -0.39 is 0 Å². The molecule has 1 saturated carbocycles. The van der Waals surface area contributed by atoms with Crippen LogP contribution in [0.2, 0.25) is 0 Å². The fourth-order valence-electron chi connectivity index (χ4n) is 4.70. The van der Waals surface area contributed by atoms with Crippen LogP contribution in [0.3, 0.4) is 0 Å². The smallest absolute Gasteiger partial charge is 0.147 e. The third-order valence-corrected chi connectivity index (χ3v) is 8.08. The van der Waals surface area contributed by atoms with Gasteiger partial charge >= 0.3 is 0 Å². The minimum Gasteiger partial charge on any atom is -0.395 e. The molecule has 5 heteroatoms. The topological polar surface area (TPSA) is 60.8 Å². The maximum atomic E-state index is 13.2. The summed E-state index contributed by atoms with van der Waals surface area (Å²) >= 11 is 1.73. The van der Waals surface area contributed by atoms with Crippen LogP contribution in [0.1, 0.15) is 43.4 Å². The lowest BCUT2D eigenvalue weighted by atomic mass is 9.71. The summed E-state index contributed by atoms with van der Waals surface area (Å²) < 4.78 is 0. The molecule has 0 heterocycles. The van der Waals surface area contributed by atoms with Crippen molar-refractivity contribution in [2.45, 2.75) is 50.7 Å². The van der Waals surface area contributed by atoms with Crippen molar-refractivity contribution in [2.75, 3.05) is 31.2 Å². The number of Topliss-reactive ketones (excluding diaryl/α,β-unsaturated/α-hetero) is 1. The molecular weight excluding hydrogens is 430 g/mol. The lowest BCUT2D eigenvalue weighted by molar-refractivity contribution is -0.123. The van der Waals surface area contributed by atoms with E-state index in [0.29, 0.717) is 25.3 Å². The van der Waals surface area contributed by atoms with E-state index in [-0.39, 0.29) is 29.8 Å². The molecule has 0 saturated heterocycles. The van der Waals surface area contributed by atoms with Crippen molar-refractivity contribution in [2.24, 2.45) is 11.3 Å². The molecule has 0 unspecified atom stereocenters. The van der Waals surface area contributed by atoms with Crippen molar-refractivity contribution >= 4 is 29.3 Å². The van der Waals surface area contributed by atoms with Crippen LogP contribution in [0.4, 0.5) is 5.69 Å². The van der Waals surface area contributed by atoms with Gasteiger partial charge in [0, 0.05) is 30.1 Å². The van der Waals surface area contributed by atoms with Crippen LogP contribution in [-0.2, 0) is 4.79 Å². The highest BCUT2D eigenvalue weighted by Crippen LogP contribution is 2.45. The van der Waals surface area contributed by atoms with Gasteiger partial charge in [-0.3, -0.25) is 4.79 Å². The van der Waals surface area contributed by atoms with Crippen molar-refractivity contribution in [3.8, 4) is 0 Å². The average Bonchev–Trinajstić information content (AvgIpc) is 2.76. The number of nitrogens with zero attached hydrogens (tertiary/aromatic N) is 1. The van der Waals surface area contributed by atoms with E-state index in [4.69, 9.17) is 0 Å². The van der Waals surface area contributed by atoms with Gasteiger partial charge in [0.05, 0.1) is 18.5 Å². The summed E-state index contributed by atoms with van der Waals surface area (Å²) in [6, 6.07) is 14.5. The Morgan fingerprint density at radius 3 is 2.21 bits per heavy atom. The molecule has 1 aliphatic rings. The van der Waals surface area contributed by atoms with Gasteiger partial charge in [0.2, 0.25) is 0 Å². The number of carbonyl (C=O) groups excluding carboxylic acids is 1. The lowest BCUT2D eigenvalue weighted by Crippen LogP contribution is -2.38. The first-order valence-corrected chi connectivity index (χ1v) is 12.6. The standard InChI is InChI=1S/C28H37NO3S/c1-20-6-5-7-21(2)26(20)33-27-23(18-28(3,4)19-25(27)32)11-8-22-9-12-24(13-10-22)29(14-16-30)15-17-31/h5-13,23,27,30-31H,14-19H2,1-4H3/b11-8+/t23-,27-/m1/s1. The van der Waals surface area contributed by atoms with Gasteiger partial charge in [-0.1, -0.05) is 56.3 Å². The molecule has 4 nitrogen and oxygen atoms in total. The maximum absolute atomic E-state index is 13.2. The zero-order valence-corrected chi connectivity index (χ0v) is 21.1. The largest absolute Gasteiger partial charge is 0.395 e. The Balaban J connectivity index is 1.81. The summed E-state index contributed by atoms with van der Waals surface area (Å²) in [7, 11) is 0. The highest BCUT2D eigenvalue weighted by molar-refractivity contribution is 8.00. The molecule has 33 heavy (non-hydrogen) atoms. The van der Waals surface area contributed by atoms with Gasteiger partial charge in [0.1, 0.15) is 5.78 Å². The van der Waals surface area contributed by atoms with E-state index in [1.165, 1.54) is 16.0 Å². The first-order chi connectivity index (χ1) is 15.7. The van der Waals surface area contributed by atoms with Gasteiger partial charge in [-0.2, -0.15) is 0 Å². The Morgan fingerprint density at radius 1 is 1.03 bits per heavy atom. The summed E-state index contributed by atoms with van der Waals surface area (Å²) in [5.74, 6) is 0.512. The minimum absolute atomic E-state index is 0.00285. The Labute approximate surface area is 202 Å². The third kappa shape index (κ3) is 6.72. The van der Waals surface area contributed by atoms with Gasteiger partial charge in [0.25, 0.3) is 0 Å². The van der Waals surface area contributed by atoms with Gasteiger partial charge in [-0.05, 0) is 60.4 Å². The fraction of sp³-hybridized carbons (Fsp3) is 0.464. The summed E-state index contributed by atoms with van der Waals surface area (Å²) in [6.45, 7) is 9.71. The van der Waals surface area contributed by atoms with Gasteiger partial charge in [-0.25, -0.2) is 0 Å². The second kappa shape index (κ2) is 11.4. The second-order valence-corrected chi connectivity index (χ2v) is 11.0. The number of benzene rings is 2. The minimum atomic E-state index is -0.0713. The van der Waals surface area contributed by atoms with E-state index in [1.54, 1.807) is 11.8 Å². The molecule has 3 rings (SSSR count). The number of aliphatic hydroxyl groups excluding tert-OH is 2. The molecule has 0 amide bonds. The number of aliphatic hydroxyl groups is 2. The van der Waals surface area contributed by atoms with Crippen LogP contribution in [0.5, 0.6) is 0 Å². The zero-order valence-electron chi connectivity index (χ0n) is 20.3. The molecule has 0 aromatic heterocycles. The number of allylic oxidation sites excluding steroid dienone is 1.